The number of benzene rings is 1. The highest BCUT2D eigenvalue weighted by Crippen LogP contribution is 2.26. The number of hydrogen-bond donors (Lipinski definition) is 1. The first-order valence-corrected chi connectivity index (χ1v) is 7.11. The molecule has 1 heterocycles. The molecule has 20 heavy (non-hydrogen) atoms. The van der Waals surface area contributed by atoms with Crippen LogP contribution in [0.2, 0.25) is 0 Å². The van der Waals surface area contributed by atoms with Crippen molar-refractivity contribution in [1.82, 2.24) is 9.78 Å². The summed E-state index contributed by atoms with van der Waals surface area (Å²) < 4.78 is 1.86. The second kappa shape index (κ2) is 5.41. The molecule has 0 saturated carbocycles. The van der Waals surface area contributed by atoms with Gasteiger partial charge in [0, 0.05) is 17.8 Å². The highest BCUT2D eigenvalue weighted by molar-refractivity contribution is 5.32. The third-order valence-electron chi connectivity index (χ3n) is 3.56. The molecule has 108 valence electrons. The Kier molecular flexibility index (Phi) is 4.00. The van der Waals surface area contributed by atoms with Gasteiger partial charge in [-0.2, -0.15) is 5.10 Å². The van der Waals surface area contributed by atoms with Gasteiger partial charge in [-0.25, -0.2) is 0 Å². The van der Waals surface area contributed by atoms with Crippen LogP contribution in [0.3, 0.4) is 0 Å². The first kappa shape index (κ1) is 14.8. The van der Waals surface area contributed by atoms with Gasteiger partial charge >= 0.3 is 0 Å². The summed E-state index contributed by atoms with van der Waals surface area (Å²) in [5.41, 5.74) is 3.14. The summed E-state index contributed by atoms with van der Waals surface area (Å²) in [6.45, 7) is 10.7. The van der Waals surface area contributed by atoms with Crippen molar-refractivity contribution in [3.05, 3.63) is 53.3 Å². The van der Waals surface area contributed by atoms with Gasteiger partial charge in [0.1, 0.15) is 6.10 Å². The van der Waals surface area contributed by atoms with Gasteiger partial charge in [-0.15, -0.1) is 0 Å². The molecule has 0 fully saturated rings. The molecule has 0 aliphatic rings. The molecule has 1 aromatic carbocycles. The first-order valence-electron chi connectivity index (χ1n) is 7.11. The van der Waals surface area contributed by atoms with Crippen LogP contribution in [-0.4, -0.2) is 14.9 Å². The summed E-state index contributed by atoms with van der Waals surface area (Å²) in [5, 5.41) is 14.7. The van der Waals surface area contributed by atoms with E-state index in [2.05, 4.69) is 51.9 Å². The molecule has 0 amide bonds. The largest absolute Gasteiger partial charge is 0.384 e. The van der Waals surface area contributed by atoms with E-state index in [4.69, 9.17) is 0 Å². The molecule has 0 saturated heterocycles. The molecule has 3 nitrogen and oxygen atoms in total. The summed E-state index contributed by atoms with van der Waals surface area (Å²) in [6, 6.07) is 8.48. The summed E-state index contributed by atoms with van der Waals surface area (Å²) in [4.78, 5) is 0. The Hall–Kier alpha value is -1.61. The number of aliphatic hydroxyl groups is 1. The van der Waals surface area contributed by atoms with Crippen LogP contribution < -0.4 is 0 Å². The Bertz CT molecular complexity index is 561. The minimum atomic E-state index is -0.614. The third kappa shape index (κ3) is 3.10. The lowest BCUT2D eigenvalue weighted by Crippen LogP contribution is -2.11. The Morgan fingerprint density at radius 3 is 2.10 bits per heavy atom. The van der Waals surface area contributed by atoms with E-state index in [-0.39, 0.29) is 5.41 Å². The molecule has 0 aliphatic carbocycles. The highest BCUT2D eigenvalue weighted by Gasteiger charge is 2.16. The molecule has 1 atom stereocenters. The lowest BCUT2D eigenvalue weighted by Gasteiger charge is -2.19. The maximum atomic E-state index is 10.4. The topological polar surface area (TPSA) is 38.0 Å². The van der Waals surface area contributed by atoms with E-state index in [1.807, 2.05) is 23.0 Å². The van der Waals surface area contributed by atoms with Crippen LogP contribution in [0.1, 0.15) is 63.5 Å². The lowest BCUT2D eigenvalue weighted by molar-refractivity contribution is 0.220. The average Bonchev–Trinajstić information content (AvgIpc) is 2.86. The van der Waals surface area contributed by atoms with Crippen molar-refractivity contribution in [2.24, 2.45) is 0 Å². The van der Waals surface area contributed by atoms with E-state index < -0.39 is 6.10 Å². The van der Waals surface area contributed by atoms with E-state index >= 15 is 0 Å². The fourth-order valence-electron chi connectivity index (χ4n) is 2.13. The van der Waals surface area contributed by atoms with Crippen molar-refractivity contribution < 1.29 is 5.11 Å². The number of aromatic nitrogens is 2. The van der Waals surface area contributed by atoms with Crippen molar-refractivity contribution in [1.29, 1.82) is 0 Å². The molecule has 0 spiro atoms. The monoisotopic (exact) mass is 272 g/mol. The minimum absolute atomic E-state index is 0.131. The van der Waals surface area contributed by atoms with Crippen molar-refractivity contribution in [2.45, 2.75) is 52.2 Å². The fourth-order valence-corrected chi connectivity index (χ4v) is 2.13. The molecule has 2 aromatic rings. The fraction of sp³-hybridized carbons (Fsp3) is 0.471. The third-order valence-corrected chi connectivity index (χ3v) is 3.56. The van der Waals surface area contributed by atoms with Crippen LogP contribution in [0, 0.1) is 0 Å². The molecule has 3 heteroatoms. The van der Waals surface area contributed by atoms with Crippen LogP contribution in [0.4, 0.5) is 0 Å². The molecule has 0 bridgehead atoms. The van der Waals surface area contributed by atoms with Crippen LogP contribution in [0.15, 0.2) is 36.7 Å². The zero-order chi connectivity index (χ0) is 14.9. The van der Waals surface area contributed by atoms with Crippen molar-refractivity contribution in [3.63, 3.8) is 0 Å². The Balaban J connectivity index is 2.22. The normalized spacial score (nSPS) is 13.8. The average molecular weight is 272 g/mol. The van der Waals surface area contributed by atoms with Gasteiger partial charge in [0.2, 0.25) is 0 Å². The highest BCUT2D eigenvalue weighted by atomic mass is 16.3. The van der Waals surface area contributed by atoms with Crippen LogP contribution in [0.25, 0.3) is 0 Å². The van der Waals surface area contributed by atoms with Gasteiger partial charge in [0.15, 0.2) is 0 Å². The number of rotatable bonds is 3. The summed E-state index contributed by atoms with van der Waals surface area (Å²) in [5.74, 6) is 0. The van der Waals surface area contributed by atoms with Crippen molar-refractivity contribution in [2.75, 3.05) is 0 Å². The van der Waals surface area contributed by atoms with Crippen molar-refractivity contribution >= 4 is 0 Å². The molecular weight excluding hydrogens is 248 g/mol. The molecule has 0 aliphatic heterocycles. The van der Waals surface area contributed by atoms with Gasteiger partial charge in [0.25, 0.3) is 0 Å². The van der Waals surface area contributed by atoms with Gasteiger partial charge in [-0.1, -0.05) is 45.0 Å². The maximum Gasteiger partial charge on any atom is 0.107 e. The number of nitrogens with zero attached hydrogens (tertiary/aromatic N) is 2. The summed E-state index contributed by atoms with van der Waals surface area (Å²) in [7, 11) is 0. The molecule has 0 radical (unpaired) electrons. The van der Waals surface area contributed by atoms with E-state index in [9.17, 15) is 5.11 Å². The SMILES string of the molecule is CC(C)n1cc(C(O)c2ccc(C(C)(C)C)cc2)cn1. The first-order chi connectivity index (χ1) is 9.29. The molecule has 1 unspecified atom stereocenters. The van der Waals surface area contributed by atoms with Crippen molar-refractivity contribution in [3.8, 4) is 0 Å². The van der Waals surface area contributed by atoms with E-state index in [0.29, 0.717) is 6.04 Å². The Labute approximate surface area is 121 Å². The zero-order valence-corrected chi connectivity index (χ0v) is 13.0. The van der Waals surface area contributed by atoms with Crippen LogP contribution in [0.5, 0.6) is 0 Å². The van der Waals surface area contributed by atoms with E-state index in [1.165, 1.54) is 5.56 Å². The Morgan fingerprint density at radius 2 is 1.65 bits per heavy atom. The maximum absolute atomic E-state index is 10.4. The second-order valence-electron chi connectivity index (χ2n) is 6.62. The second-order valence-corrected chi connectivity index (χ2v) is 6.62. The van der Waals surface area contributed by atoms with Gasteiger partial charge in [0.05, 0.1) is 6.20 Å². The van der Waals surface area contributed by atoms with Gasteiger partial charge in [-0.3, -0.25) is 4.68 Å². The lowest BCUT2D eigenvalue weighted by atomic mass is 9.86. The van der Waals surface area contributed by atoms with Gasteiger partial charge in [-0.05, 0) is 30.4 Å². The van der Waals surface area contributed by atoms with E-state index in [0.717, 1.165) is 11.1 Å². The summed E-state index contributed by atoms with van der Waals surface area (Å²) >= 11 is 0. The minimum Gasteiger partial charge on any atom is -0.384 e. The molecular formula is C17H24N2O. The smallest absolute Gasteiger partial charge is 0.107 e. The summed E-state index contributed by atoms with van der Waals surface area (Å²) in [6.07, 6.45) is 3.03. The standard InChI is InChI=1S/C17H24N2O/c1-12(2)19-11-14(10-18-19)16(20)13-6-8-15(9-7-13)17(3,4)5/h6-12,16,20H,1-5H3. The number of aliphatic hydroxyl groups excluding tert-OH is 1. The Morgan fingerprint density at radius 1 is 1.05 bits per heavy atom. The molecule has 2 rings (SSSR count). The molecule has 1 N–H and O–H groups in total. The number of hydrogen-bond acceptors (Lipinski definition) is 2. The quantitative estimate of drug-likeness (QED) is 0.921. The van der Waals surface area contributed by atoms with E-state index in [1.54, 1.807) is 6.20 Å². The van der Waals surface area contributed by atoms with Crippen LogP contribution in [-0.2, 0) is 5.41 Å². The zero-order valence-electron chi connectivity index (χ0n) is 13.0. The van der Waals surface area contributed by atoms with Gasteiger partial charge < -0.3 is 5.11 Å². The predicted octanol–water partition coefficient (Wildman–Crippen LogP) is 3.84. The van der Waals surface area contributed by atoms with Crippen LogP contribution >= 0.6 is 0 Å². The molecule has 1 aromatic heterocycles. The predicted molar refractivity (Wildman–Crippen MR) is 81.8 cm³/mol.